The van der Waals surface area contributed by atoms with Gasteiger partial charge in [-0.15, -0.1) is 10.2 Å². The average Bonchev–Trinajstić information content (AvgIpc) is 2.77. The van der Waals surface area contributed by atoms with Crippen molar-refractivity contribution in [2.45, 2.75) is 32.6 Å². The van der Waals surface area contributed by atoms with Crippen molar-refractivity contribution in [3.05, 3.63) is 5.01 Å². The molecule has 2 saturated heterocycles. The van der Waals surface area contributed by atoms with Crippen LogP contribution in [0.2, 0.25) is 0 Å². The number of piperidine rings is 2. The topological polar surface area (TPSA) is 41.1 Å². The fourth-order valence-corrected chi connectivity index (χ4v) is 3.88. The highest BCUT2D eigenvalue weighted by molar-refractivity contribution is 7.15. The van der Waals surface area contributed by atoms with Gasteiger partial charge in [0.05, 0.1) is 0 Å². The van der Waals surface area contributed by atoms with Crippen LogP contribution in [-0.2, 0) is 0 Å². The molecule has 1 N–H and O–H groups in total. The van der Waals surface area contributed by atoms with Crippen molar-refractivity contribution >= 4 is 16.5 Å². The lowest BCUT2D eigenvalue weighted by Gasteiger charge is -2.45. The normalized spacial score (nSPS) is 29.8. The fraction of sp³-hybridized carbons (Fsp3) is 0.833. The molecule has 0 radical (unpaired) electrons. The Balaban J connectivity index is 1.74. The summed E-state index contributed by atoms with van der Waals surface area (Å²) in [6, 6.07) is 0. The van der Waals surface area contributed by atoms with E-state index in [1.54, 1.807) is 11.3 Å². The highest BCUT2D eigenvalue weighted by Gasteiger charge is 2.37. The van der Waals surface area contributed by atoms with Crippen LogP contribution in [0.5, 0.6) is 0 Å². The zero-order valence-corrected chi connectivity index (χ0v) is 11.2. The smallest absolute Gasteiger partial charge is 0.208 e. The minimum atomic E-state index is 0.496. The summed E-state index contributed by atoms with van der Waals surface area (Å²) in [7, 11) is 0. The minimum Gasteiger partial charge on any atom is -0.346 e. The maximum Gasteiger partial charge on any atom is 0.208 e. The number of nitrogens with one attached hydrogen (secondary N) is 1. The zero-order valence-electron chi connectivity index (χ0n) is 10.4. The molecule has 2 fully saturated rings. The van der Waals surface area contributed by atoms with E-state index in [-0.39, 0.29) is 0 Å². The predicted molar refractivity (Wildman–Crippen MR) is 70.6 cm³/mol. The maximum absolute atomic E-state index is 4.29. The van der Waals surface area contributed by atoms with Gasteiger partial charge in [-0.2, -0.15) is 0 Å². The van der Waals surface area contributed by atoms with Crippen molar-refractivity contribution in [2.75, 3.05) is 31.1 Å². The third-order valence-electron chi connectivity index (χ3n) is 4.01. The van der Waals surface area contributed by atoms with Gasteiger partial charge in [0.15, 0.2) is 0 Å². The lowest BCUT2D eigenvalue weighted by Crippen LogP contribution is -2.51. The van der Waals surface area contributed by atoms with Crippen molar-refractivity contribution in [1.82, 2.24) is 15.5 Å². The summed E-state index contributed by atoms with van der Waals surface area (Å²) >= 11 is 1.72. The highest BCUT2D eigenvalue weighted by atomic mass is 32.1. The van der Waals surface area contributed by atoms with E-state index < -0.39 is 0 Å². The lowest BCUT2D eigenvalue weighted by molar-refractivity contribution is 0.173. The van der Waals surface area contributed by atoms with E-state index in [9.17, 15) is 0 Å². The predicted octanol–water partition coefficient (Wildman–Crippen LogP) is 1.82. The summed E-state index contributed by atoms with van der Waals surface area (Å²) in [5.74, 6) is 0. The Hall–Kier alpha value is -0.680. The van der Waals surface area contributed by atoms with Crippen LogP contribution in [0, 0.1) is 12.3 Å². The molecule has 0 bridgehead atoms. The van der Waals surface area contributed by atoms with Gasteiger partial charge >= 0.3 is 0 Å². The van der Waals surface area contributed by atoms with Crippen molar-refractivity contribution in [1.29, 1.82) is 0 Å². The minimum absolute atomic E-state index is 0.496. The molecule has 17 heavy (non-hydrogen) atoms. The van der Waals surface area contributed by atoms with Crippen LogP contribution in [0.15, 0.2) is 0 Å². The van der Waals surface area contributed by atoms with Crippen LogP contribution < -0.4 is 10.2 Å². The Bertz CT molecular complexity index is 378. The molecule has 1 spiro atoms. The van der Waals surface area contributed by atoms with E-state index >= 15 is 0 Å². The Labute approximate surface area is 106 Å². The molecule has 1 aromatic heterocycles. The quantitative estimate of drug-likeness (QED) is 0.828. The van der Waals surface area contributed by atoms with Crippen LogP contribution in [0.25, 0.3) is 0 Å². The molecular formula is C12H20N4S. The van der Waals surface area contributed by atoms with E-state index in [0.29, 0.717) is 5.41 Å². The number of hydrogen-bond donors (Lipinski definition) is 1. The number of rotatable bonds is 1. The van der Waals surface area contributed by atoms with Crippen LogP contribution in [-0.4, -0.2) is 36.4 Å². The average molecular weight is 252 g/mol. The van der Waals surface area contributed by atoms with Crippen LogP contribution in [0.4, 0.5) is 5.13 Å². The Morgan fingerprint density at radius 3 is 2.88 bits per heavy atom. The standard InChI is InChI=1S/C12H20N4S/c1-10-14-15-11(17-10)16-7-3-5-12(9-16)4-2-6-13-8-12/h13H,2-9H2,1H3. The van der Waals surface area contributed by atoms with Gasteiger partial charge in [0.25, 0.3) is 0 Å². The second-order valence-corrected chi connectivity index (χ2v) is 6.57. The van der Waals surface area contributed by atoms with Gasteiger partial charge in [0.1, 0.15) is 5.01 Å². The molecule has 1 aromatic rings. The molecular weight excluding hydrogens is 232 g/mol. The van der Waals surface area contributed by atoms with Gasteiger partial charge in [0, 0.05) is 25.0 Å². The largest absolute Gasteiger partial charge is 0.346 e. The monoisotopic (exact) mass is 252 g/mol. The first-order chi connectivity index (χ1) is 8.27. The Morgan fingerprint density at radius 1 is 1.29 bits per heavy atom. The van der Waals surface area contributed by atoms with Gasteiger partial charge in [-0.3, -0.25) is 0 Å². The van der Waals surface area contributed by atoms with Crippen molar-refractivity contribution in [3.8, 4) is 0 Å². The van der Waals surface area contributed by atoms with Gasteiger partial charge in [0.2, 0.25) is 5.13 Å². The lowest BCUT2D eigenvalue weighted by atomic mass is 9.74. The van der Waals surface area contributed by atoms with Gasteiger partial charge in [-0.25, -0.2) is 0 Å². The molecule has 94 valence electrons. The van der Waals surface area contributed by atoms with E-state index in [0.717, 1.165) is 23.2 Å². The molecule has 1 atom stereocenters. The number of aryl methyl sites for hydroxylation is 1. The molecule has 0 aliphatic carbocycles. The summed E-state index contributed by atoms with van der Waals surface area (Å²) in [6.07, 6.45) is 5.35. The van der Waals surface area contributed by atoms with E-state index in [4.69, 9.17) is 0 Å². The molecule has 3 rings (SSSR count). The summed E-state index contributed by atoms with van der Waals surface area (Å²) in [5, 5.41) is 14.2. The second-order valence-electron chi connectivity index (χ2n) is 5.41. The molecule has 0 saturated carbocycles. The first-order valence-corrected chi connectivity index (χ1v) is 7.35. The summed E-state index contributed by atoms with van der Waals surface area (Å²) < 4.78 is 0. The molecule has 3 heterocycles. The van der Waals surface area contributed by atoms with Gasteiger partial charge < -0.3 is 10.2 Å². The first kappa shape index (κ1) is 11.4. The summed E-state index contributed by atoms with van der Waals surface area (Å²) in [5.41, 5.74) is 0.496. The summed E-state index contributed by atoms with van der Waals surface area (Å²) in [4.78, 5) is 2.45. The molecule has 2 aliphatic heterocycles. The number of anilines is 1. The molecule has 1 unspecified atom stereocenters. The third kappa shape index (κ3) is 2.31. The van der Waals surface area contributed by atoms with Crippen LogP contribution >= 0.6 is 11.3 Å². The molecule has 0 amide bonds. The number of aromatic nitrogens is 2. The fourth-order valence-electron chi connectivity index (χ4n) is 3.16. The molecule has 0 aromatic carbocycles. The SMILES string of the molecule is Cc1nnc(N2CCCC3(CCCNC3)C2)s1. The van der Waals surface area contributed by atoms with E-state index in [1.807, 2.05) is 6.92 Å². The summed E-state index contributed by atoms with van der Waals surface area (Å²) in [6.45, 7) is 6.72. The Kier molecular flexibility index (Phi) is 3.04. The van der Waals surface area contributed by atoms with Gasteiger partial charge in [-0.05, 0) is 39.2 Å². The van der Waals surface area contributed by atoms with Crippen molar-refractivity contribution in [2.24, 2.45) is 5.41 Å². The Morgan fingerprint density at radius 2 is 2.18 bits per heavy atom. The number of hydrogen-bond acceptors (Lipinski definition) is 5. The highest BCUT2D eigenvalue weighted by Crippen LogP contribution is 2.38. The molecule has 4 nitrogen and oxygen atoms in total. The first-order valence-electron chi connectivity index (χ1n) is 6.53. The number of nitrogens with zero attached hydrogens (tertiary/aromatic N) is 3. The zero-order chi connectivity index (χ0) is 11.7. The van der Waals surface area contributed by atoms with Crippen molar-refractivity contribution < 1.29 is 0 Å². The van der Waals surface area contributed by atoms with Gasteiger partial charge in [-0.1, -0.05) is 11.3 Å². The van der Waals surface area contributed by atoms with E-state index in [1.165, 1.54) is 38.8 Å². The molecule has 5 heteroatoms. The maximum atomic E-state index is 4.29. The molecule has 2 aliphatic rings. The van der Waals surface area contributed by atoms with Crippen molar-refractivity contribution in [3.63, 3.8) is 0 Å². The third-order valence-corrected chi connectivity index (χ3v) is 4.91. The second kappa shape index (κ2) is 4.53. The van der Waals surface area contributed by atoms with Crippen LogP contribution in [0.1, 0.15) is 30.7 Å². The van der Waals surface area contributed by atoms with Crippen LogP contribution in [0.3, 0.4) is 0 Å². The van der Waals surface area contributed by atoms with E-state index in [2.05, 4.69) is 20.4 Å².